The highest BCUT2D eigenvalue weighted by molar-refractivity contribution is 6.17. The number of methoxy groups -OCH3 is 1. The maximum Gasteiger partial charge on any atom is 0.323 e. The number of ether oxygens (including phenoxy) is 1. The molecular formula is C31H37N5O9. The van der Waals surface area contributed by atoms with Crippen molar-refractivity contribution >= 4 is 40.6 Å². The van der Waals surface area contributed by atoms with Gasteiger partial charge in [0.05, 0.1) is 24.5 Å². The number of Topliss-reactive ketones (excluding diaryl/α,β-unsaturated/α-hetero) is 2. The molecule has 0 heterocycles. The Kier molecular flexibility index (Phi) is 8.02. The summed E-state index contributed by atoms with van der Waals surface area (Å²) in [6.45, 7) is 0. The molecule has 14 nitrogen and oxygen atoms in total. The predicted octanol–water partition coefficient (Wildman–Crippen LogP) is 1.00. The highest BCUT2D eigenvalue weighted by atomic mass is 16.5. The molecule has 5 rings (SSSR count). The van der Waals surface area contributed by atoms with Crippen molar-refractivity contribution in [2.24, 2.45) is 23.5 Å². The van der Waals surface area contributed by atoms with E-state index in [0.717, 1.165) is 0 Å². The lowest BCUT2D eigenvalue weighted by atomic mass is 9.56. The van der Waals surface area contributed by atoms with Gasteiger partial charge in [-0.1, -0.05) is 0 Å². The SMILES string of the molecule is COc1ccc(NC(=O)Nc2cc(N(C)C)c3c(c2O)C(=O)C2=C(O)[C@]4(O)C(=O)C(C(N)=O)C(O)[C@@H](N(C)C)[C@@H]4C[C@@H]2C3)cc1. The number of nitrogens with two attached hydrogens (primary N) is 1. The Hall–Kier alpha value is -4.66. The van der Waals surface area contributed by atoms with Crippen LogP contribution in [-0.4, -0.2) is 102 Å². The molecule has 3 aliphatic carbocycles. The van der Waals surface area contributed by atoms with Crippen LogP contribution in [0.4, 0.5) is 21.9 Å². The highest BCUT2D eigenvalue weighted by Crippen LogP contribution is 2.54. The number of likely N-dealkylation sites (N-methyl/N-ethyl adjacent to an activating group) is 1. The Morgan fingerprint density at radius 2 is 1.71 bits per heavy atom. The Morgan fingerprint density at radius 1 is 1.07 bits per heavy atom. The monoisotopic (exact) mass is 623 g/mol. The van der Waals surface area contributed by atoms with Gasteiger partial charge in [-0.3, -0.25) is 14.4 Å². The van der Waals surface area contributed by atoms with Crippen LogP contribution < -0.4 is 26.0 Å². The Bertz CT molecular complexity index is 1620. The Morgan fingerprint density at radius 3 is 2.27 bits per heavy atom. The fourth-order valence-corrected chi connectivity index (χ4v) is 7.11. The number of aliphatic hydroxyl groups excluding tert-OH is 2. The molecule has 3 aliphatic rings. The number of phenols is 1. The molecule has 0 spiro atoms. The molecule has 8 N–H and O–H groups in total. The second-order valence-electron chi connectivity index (χ2n) is 12.1. The van der Waals surface area contributed by atoms with Gasteiger partial charge < -0.3 is 51.3 Å². The van der Waals surface area contributed by atoms with E-state index in [9.17, 15) is 39.6 Å². The molecule has 14 heteroatoms. The quantitative estimate of drug-likeness (QED) is 0.178. The number of carbonyl (C=O) groups excluding carboxylic acids is 4. The van der Waals surface area contributed by atoms with Crippen LogP contribution in [0.1, 0.15) is 22.3 Å². The first-order chi connectivity index (χ1) is 21.1. The number of aromatic hydroxyl groups is 1. The van der Waals surface area contributed by atoms with Crippen molar-refractivity contribution in [3.63, 3.8) is 0 Å². The first-order valence-corrected chi connectivity index (χ1v) is 14.3. The zero-order valence-electron chi connectivity index (χ0n) is 25.5. The van der Waals surface area contributed by atoms with Gasteiger partial charge in [-0.25, -0.2) is 4.79 Å². The normalized spacial score (nSPS) is 27.3. The summed E-state index contributed by atoms with van der Waals surface area (Å²) in [5.41, 5.74) is 3.54. The molecule has 6 atom stereocenters. The number of hydrogen-bond donors (Lipinski definition) is 7. The first-order valence-electron chi connectivity index (χ1n) is 14.3. The minimum atomic E-state index is -2.69. The van der Waals surface area contributed by atoms with E-state index >= 15 is 0 Å². The molecule has 1 saturated carbocycles. The number of urea groups is 1. The standard InChI is InChI=1S/C31H37N5O9/c1-35(2)19-12-18(34-30(43)33-14-6-8-15(45-5)9-7-14)24(37)21-16(19)10-13-11-17-23(36(3)4)26(39)22(29(32)42)28(41)31(17,44)27(40)20(13)25(21)38/h6-9,12-13,17,22-23,26,37,39-40,44H,10-11H2,1-5H3,(H2,32,42)(H2,33,34,43)/t13-,17-,22?,23-,26?,31-/m0/s1. The van der Waals surface area contributed by atoms with Gasteiger partial charge in [0.25, 0.3) is 0 Å². The molecule has 0 aromatic heterocycles. The third-order valence-electron chi connectivity index (χ3n) is 9.15. The van der Waals surface area contributed by atoms with Gasteiger partial charge in [0.2, 0.25) is 5.91 Å². The van der Waals surface area contributed by atoms with Crippen molar-refractivity contribution in [3.8, 4) is 11.5 Å². The molecule has 0 radical (unpaired) electrons. The minimum Gasteiger partial charge on any atom is -0.508 e. The zero-order chi connectivity index (χ0) is 33.1. The molecule has 240 valence electrons. The van der Waals surface area contributed by atoms with Crippen molar-refractivity contribution in [2.45, 2.75) is 30.6 Å². The maximum absolute atomic E-state index is 14.2. The number of benzene rings is 2. The van der Waals surface area contributed by atoms with Crippen LogP contribution in [0, 0.1) is 17.8 Å². The van der Waals surface area contributed by atoms with Gasteiger partial charge in [-0.05, 0) is 68.8 Å². The molecule has 0 aliphatic heterocycles. The smallest absolute Gasteiger partial charge is 0.323 e. The van der Waals surface area contributed by atoms with Crippen LogP contribution >= 0.6 is 0 Å². The van der Waals surface area contributed by atoms with Crippen molar-refractivity contribution in [1.82, 2.24) is 4.90 Å². The lowest BCUT2D eigenvalue weighted by Gasteiger charge is -2.53. The second-order valence-corrected chi connectivity index (χ2v) is 12.1. The number of nitrogens with zero attached hydrogens (tertiary/aromatic N) is 2. The van der Waals surface area contributed by atoms with E-state index in [1.807, 2.05) is 0 Å². The van der Waals surface area contributed by atoms with Crippen molar-refractivity contribution in [1.29, 1.82) is 0 Å². The number of amides is 3. The predicted molar refractivity (Wildman–Crippen MR) is 163 cm³/mol. The number of fused-ring (bicyclic) bond motifs is 3. The number of ketones is 2. The third-order valence-corrected chi connectivity index (χ3v) is 9.15. The van der Waals surface area contributed by atoms with E-state index in [2.05, 4.69) is 10.6 Å². The van der Waals surface area contributed by atoms with Crippen LogP contribution in [0.15, 0.2) is 41.7 Å². The average Bonchev–Trinajstić information content (AvgIpc) is 2.96. The summed E-state index contributed by atoms with van der Waals surface area (Å²) in [7, 11) is 8.16. The van der Waals surface area contributed by atoms with Gasteiger partial charge in [0.1, 0.15) is 17.4 Å². The van der Waals surface area contributed by atoms with Gasteiger partial charge >= 0.3 is 6.03 Å². The van der Waals surface area contributed by atoms with E-state index in [1.54, 1.807) is 62.3 Å². The summed E-state index contributed by atoms with van der Waals surface area (Å²) in [6, 6.07) is 6.38. The summed E-state index contributed by atoms with van der Waals surface area (Å²) in [4.78, 5) is 56.1. The topological polar surface area (TPSA) is 215 Å². The average molecular weight is 624 g/mol. The molecular weight excluding hydrogens is 586 g/mol. The van der Waals surface area contributed by atoms with Crippen molar-refractivity contribution in [3.05, 3.63) is 52.8 Å². The van der Waals surface area contributed by atoms with Crippen LogP contribution in [-0.2, 0) is 16.0 Å². The number of rotatable bonds is 6. The van der Waals surface area contributed by atoms with Gasteiger partial charge in [0, 0.05) is 43.0 Å². The van der Waals surface area contributed by atoms with Crippen LogP contribution in [0.2, 0.25) is 0 Å². The summed E-state index contributed by atoms with van der Waals surface area (Å²) in [6.07, 6.45) is -1.44. The van der Waals surface area contributed by atoms with E-state index in [4.69, 9.17) is 10.5 Å². The molecule has 0 saturated heterocycles. The summed E-state index contributed by atoms with van der Waals surface area (Å²) in [5.74, 6) is -7.77. The number of hydrogen-bond acceptors (Lipinski definition) is 11. The lowest BCUT2D eigenvalue weighted by Crippen LogP contribution is -2.71. The number of aliphatic hydroxyl groups is 3. The highest BCUT2D eigenvalue weighted by Gasteiger charge is 2.66. The molecule has 2 aromatic rings. The van der Waals surface area contributed by atoms with E-state index in [0.29, 0.717) is 22.7 Å². The fraction of sp³-hybridized carbons (Fsp3) is 0.419. The van der Waals surface area contributed by atoms with Crippen molar-refractivity contribution in [2.75, 3.05) is 50.8 Å². The number of phenolic OH excluding ortho intramolecular Hbond substituents is 1. The molecule has 0 bridgehead atoms. The maximum atomic E-state index is 14.2. The zero-order valence-corrected chi connectivity index (χ0v) is 25.5. The molecule has 2 unspecified atom stereocenters. The van der Waals surface area contributed by atoms with Crippen molar-refractivity contribution < 1.29 is 44.3 Å². The number of primary amides is 1. The fourth-order valence-electron chi connectivity index (χ4n) is 7.11. The van der Waals surface area contributed by atoms with Gasteiger partial charge in [-0.15, -0.1) is 0 Å². The van der Waals surface area contributed by atoms with Gasteiger partial charge in [-0.2, -0.15) is 0 Å². The van der Waals surface area contributed by atoms with E-state index < -0.39 is 70.5 Å². The molecule has 45 heavy (non-hydrogen) atoms. The Balaban J connectivity index is 1.58. The molecule has 2 aromatic carbocycles. The first kappa shape index (κ1) is 31.8. The number of carbonyl (C=O) groups is 4. The minimum absolute atomic E-state index is 0.00387. The summed E-state index contributed by atoms with van der Waals surface area (Å²) in [5, 5.41) is 51.0. The van der Waals surface area contributed by atoms with Crippen LogP contribution in [0.25, 0.3) is 0 Å². The lowest BCUT2D eigenvalue weighted by molar-refractivity contribution is -0.178. The number of anilines is 3. The Labute approximate surface area is 259 Å². The number of nitrogens with one attached hydrogen (secondary N) is 2. The van der Waals surface area contributed by atoms with Crippen LogP contribution in [0.5, 0.6) is 11.5 Å². The summed E-state index contributed by atoms with van der Waals surface area (Å²) >= 11 is 0. The molecule has 3 amide bonds. The largest absolute Gasteiger partial charge is 0.508 e. The van der Waals surface area contributed by atoms with E-state index in [1.165, 1.54) is 13.2 Å². The second kappa shape index (κ2) is 11.4. The van der Waals surface area contributed by atoms with E-state index in [-0.39, 0.29) is 29.7 Å². The third kappa shape index (κ3) is 4.94. The van der Waals surface area contributed by atoms with Gasteiger partial charge in [0.15, 0.2) is 22.9 Å². The van der Waals surface area contributed by atoms with Crippen LogP contribution in [0.3, 0.4) is 0 Å². The molecule has 1 fully saturated rings. The number of allylic oxidation sites excluding steroid dienone is 1. The summed E-state index contributed by atoms with van der Waals surface area (Å²) < 4.78 is 5.12.